The quantitative estimate of drug-likeness (QED) is 0.795. The van der Waals surface area contributed by atoms with Crippen LogP contribution in [0, 0.1) is 6.92 Å². The molecule has 1 aromatic heterocycles. The van der Waals surface area contributed by atoms with Gasteiger partial charge in [-0.3, -0.25) is 19.3 Å². The predicted octanol–water partition coefficient (Wildman–Crippen LogP) is 2.57. The summed E-state index contributed by atoms with van der Waals surface area (Å²) in [4.78, 5) is 39.2. The summed E-state index contributed by atoms with van der Waals surface area (Å²) in [5, 5.41) is 0. The van der Waals surface area contributed by atoms with Crippen LogP contribution in [0.3, 0.4) is 0 Å². The molecule has 0 N–H and O–H groups in total. The van der Waals surface area contributed by atoms with Crippen LogP contribution in [0.5, 0.6) is 0 Å². The summed E-state index contributed by atoms with van der Waals surface area (Å²) in [6.07, 6.45) is 4.76. The molecular formula is C18H24N2O4. The number of carbonyl (C=O) groups is 3. The third-order valence-electron chi connectivity index (χ3n) is 4.87. The van der Waals surface area contributed by atoms with Crippen LogP contribution in [0.25, 0.3) is 0 Å². The molecule has 0 aromatic carbocycles. The highest BCUT2D eigenvalue weighted by Crippen LogP contribution is 2.31. The van der Waals surface area contributed by atoms with Gasteiger partial charge in [-0.05, 0) is 31.9 Å². The van der Waals surface area contributed by atoms with E-state index < -0.39 is 0 Å². The third kappa shape index (κ3) is 3.52. The molecule has 1 aromatic rings. The number of amides is 3. The Morgan fingerprint density at radius 1 is 1.17 bits per heavy atom. The van der Waals surface area contributed by atoms with Crippen molar-refractivity contribution < 1.29 is 18.8 Å². The summed E-state index contributed by atoms with van der Waals surface area (Å²) < 4.78 is 5.76. The van der Waals surface area contributed by atoms with Gasteiger partial charge in [0.2, 0.25) is 17.7 Å². The topological polar surface area (TPSA) is 70.8 Å². The second-order valence-electron chi connectivity index (χ2n) is 6.59. The summed E-state index contributed by atoms with van der Waals surface area (Å²) in [6, 6.07) is 3.82. The molecule has 6 heteroatoms. The van der Waals surface area contributed by atoms with Crippen molar-refractivity contribution in [2.45, 2.75) is 57.9 Å². The van der Waals surface area contributed by atoms with Crippen LogP contribution < -0.4 is 0 Å². The molecule has 0 radical (unpaired) electrons. The van der Waals surface area contributed by atoms with Crippen molar-refractivity contribution in [1.29, 1.82) is 0 Å². The maximum Gasteiger partial charge on any atom is 0.229 e. The number of furan rings is 1. The average Bonchev–Trinajstić information content (AvgIpc) is 3.02. The van der Waals surface area contributed by atoms with Crippen LogP contribution >= 0.6 is 0 Å². The van der Waals surface area contributed by atoms with Gasteiger partial charge in [0.05, 0.1) is 6.04 Å². The number of carbonyl (C=O) groups excluding carboxylic acids is 3. The van der Waals surface area contributed by atoms with Gasteiger partial charge < -0.3 is 9.32 Å². The van der Waals surface area contributed by atoms with Crippen molar-refractivity contribution in [3.8, 4) is 0 Å². The Labute approximate surface area is 141 Å². The van der Waals surface area contributed by atoms with E-state index in [9.17, 15) is 14.4 Å². The van der Waals surface area contributed by atoms with Crippen molar-refractivity contribution in [3.63, 3.8) is 0 Å². The molecule has 2 saturated heterocycles. The molecule has 0 aliphatic carbocycles. The first-order valence-corrected chi connectivity index (χ1v) is 8.75. The van der Waals surface area contributed by atoms with E-state index in [-0.39, 0.29) is 49.6 Å². The Morgan fingerprint density at radius 3 is 2.58 bits per heavy atom. The van der Waals surface area contributed by atoms with Crippen molar-refractivity contribution in [3.05, 3.63) is 23.7 Å². The maximum absolute atomic E-state index is 12.7. The fraction of sp³-hybridized carbons (Fsp3) is 0.611. The molecule has 3 heterocycles. The fourth-order valence-electron chi connectivity index (χ4n) is 3.56. The fourth-order valence-corrected chi connectivity index (χ4v) is 3.56. The molecule has 0 spiro atoms. The first-order chi connectivity index (χ1) is 11.6. The van der Waals surface area contributed by atoms with Gasteiger partial charge in [-0.2, -0.15) is 0 Å². The number of hydrogen-bond acceptors (Lipinski definition) is 4. The number of hydrogen-bond donors (Lipinski definition) is 0. The lowest BCUT2D eigenvalue weighted by Crippen LogP contribution is -2.38. The lowest BCUT2D eigenvalue weighted by molar-refractivity contribution is -0.140. The van der Waals surface area contributed by atoms with Crippen LogP contribution in [0.2, 0.25) is 0 Å². The summed E-state index contributed by atoms with van der Waals surface area (Å²) in [5.41, 5.74) is 0. The minimum atomic E-state index is -0.165. The number of nitrogens with zero attached hydrogens (tertiary/aromatic N) is 2. The molecule has 0 bridgehead atoms. The normalized spacial score (nSPS) is 22.1. The van der Waals surface area contributed by atoms with Gasteiger partial charge in [0, 0.05) is 32.4 Å². The van der Waals surface area contributed by atoms with Gasteiger partial charge in [0.1, 0.15) is 11.5 Å². The smallest absolute Gasteiger partial charge is 0.229 e. The van der Waals surface area contributed by atoms with Crippen molar-refractivity contribution in [1.82, 2.24) is 9.80 Å². The molecule has 24 heavy (non-hydrogen) atoms. The Kier molecular flexibility index (Phi) is 5.02. The lowest BCUT2D eigenvalue weighted by atomic mass is 10.1. The van der Waals surface area contributed by atoms with E-state index in [0.29, 0.717) is 6.54 Å². The minimum absolute atomic E-state index is 0.0107. The van der Waals surface area contributed by atoms with Gasteiger partial charge >= 0.3 is 0 Å². The van der Waals surface area contributed by atoms with Crippen LogP contribution in [0.4, 0.5) is 0 Å². The zero-order valence-electron chi connectivity index (χ0n) is 14.1. The van der Waals surface area contributed by atoms with E-state index in [1.54, 1.807) is 0 Å². The van der Waals surface area contributed by atoms with Crippen LogP contribution in [0.1, 0.15) is 62.5 Å². The van der Waals surface area contributed by atoms with Gasteiger partial charge in [-0.25, -0.2) is 0 Å². The Bertz CT molecular complexity index is 621. The monoisotopic (exact) mass is 332 g/mol. The molecule has 1 unspecified atom stereocenters. The average molecular weight is 332 g/mol. The minimum Gasteiger partial charge on any atom is -0.464 e. The molecular weight excluding hydrogens is 308 g/mol. The Balaban J connectivity index is 1.68. The van der Waals surface area contributed by atoms with Crippen molar-refractivity contribution in [2.75, 3.05) is 13.1 Å². The highest BCUT2D eigenvalue weighted by Gasteiger charge is 2.32. The maximum atomic E-state index is 12.7. The molecule has 6 nitrogen and oxygen atoms in total. The van der Waals surface area contributed by atoms with E-state index in [2.05, 4.69) is 0 Å². The zero-order valence-corrected chi connectivity index (χ0v) is 14.1. The van der Waals surface area contributed by atoms with Gasteiger partial charge in [-0.1, -0.05) is 12.8 Å². The summed E-state index contributed by atoms with van der Waals surface area (Å²) in [7, 11) is 0. The van der Waals surface area contributed by atoms with Crippen LogP contribution in [-0.4, -0.2) is 40.6 Å². The molecule has 130 valence electrons. The van der Waals surface area contributed by atoms with Gasteiger partial charge in [0.25, 0.3) is 0 Å². The first-order valence-electron chi connectivity index (χ1n) is 8.75. The lowest BCUT2D eigenvalue weighted by Gasteiger charge is -2.29. The molecule has 3 rings (SSSR count). The highest BCUT2D eigenvalue weighted by molar-refractivity contribution is 6.02. The SMILES string of the molecule is Cc1ccc(C2CCCCCN2C(=O)CCN2C(=O)CCC2=O)o1. The number of imide groups is 1. The molecule has 2 aliphatic rings. The van der Waals surface area contributed by atoms with E-state index >= 15 is 0 Å². The van der Waals surface area contributed by atoms with Gasteiger partial charge in [0.15, 0.2) is 0 Å². The molecule has 3 amide bonds. The highest BCUT2D eigenvalue weighted by atomic mass is 16.3. The zero-order chi connectivity index (χ0) is 17.1. The summed E-state index contributed by atoms with van der Waals surface area (Å²) >= 11 is 0. The number of rotatable bonds is 4. The van der Waals surface area contributed by atoms with Crippen molar-refractivity contribution in [2.24, 2.45) is 0 Å². The van der Waals surface area contributed by atoms with Gasteiger partial charge in [-0.15, -0.1) is 0 Å². The number of likely N-dealkylation sites (tertiary alicyclic amines) is 2. The first kappa shape index (κ1) is 16.7. The molecule has 2 fully saturated rings. The molecule has 2 aliphatic heterocycles. The van der Waals surface area contributed by atoms with Crippen LogP contribution in [-0.2, 0) is 14.4 Å². The number of aryl methyl sites for hydroxylation is 1. The predicted molar refractivity (Wildman–Crippen MR) is 86.9 cm³/mol. The van der Waals surface area contributed by atoms with E-state index in [0.717, 1.165) is 37.2 Å². The van der Waals surface area contributed by atoms with E-state index in [1.807, 2.05) is 24.0 Å². The summed E-state index contributed by atoms with van der Waals surface area (Å²) in [6.45, 7) is 2.79. The largest absolute Gasteiger partial charge is 0.464 e. The summed E-state index contributed by atoms with van der Waals surface area (Å²) in [5.74, 6) is 1.33. The Hall–Kier alpha value is -2.11. The second kappa shape index (κ2) is 7.20. The second-order valence-corrected chi connectivity index (χ2v) is 6.59. The molecule has 1 atom stereocenters. The standard InChI is InChI=1S/C18H24N2O4/c1-13-6-7-15(24-13)14-5-3-2-4-11-19(14)18(23)10-12-20-16(21)8-9-17(20)22/h6-7,14H,2-5,8-12H2,1H3. The third-order valence-corrected chi connectivity index (χ3v) is 4.87. The molecule has 0 saturated carbocycles. The van der Waals surface area contributed by atoms with Crippen molar-refractivity contribution >= 4 is 17.7 Å². The van der Waals surface area contributed by atoms with E-state index in [1.165, 1.54) is 4.90 Å². The Morgan fingerprint density at radius 2 is 1.92 bits per heavy atom. The van der Waals surface area contributed by atoms with E-state index in [4.69, 9.17) is 4.42 Å². The van der Waals surface area contributed by atoms with Crippen LogP contribution in [0.15, 0.2) is 16.5 Å².